The Kier molecular flexibility index (Phi) is 6.29. The van der Waals surface area contributed by atoms with Gasteiger partial charge >= 0.3 is 6.18 Å². The van der Waals surface area contributed by atoms with Crippen LogP contribution in [0.2, 0.25) is 0 Å². The lowest BCUT2D eigenvalue weighted by molar-refractivity contribution is -0.166. The minimum absolute atomic E-state index is 0.0236. The summed E-state index contributed by atoms with van der Waals surface area (Å²) in [7, 11) is 3.16. The van der Waals surface area contributed by atoms with E-state index in [0.29, 0.717) is 5.56 Å². The standard InChI is InChI=1S/C26H23F4N3O3/c1-4-16-7-10-21(20(27)11-16)32-15-22(34)33(14-17-5-8-19(9-6-17)26(28,29)30)25(24(32)36)12-18(13-25)23(35)31(2)3/h1,5-11,18H,12-15H2,2-3H3. The van der Waals surface area contributed by atoms with Crippen molar-refractivity contribution in [3.8, 4) is 12.3 Å². The van der Waals surface area contributed by atoms with Crippen LogP contribution in [0.1, 0.15) is 29.5 Å². The van der Waals surface area contributed by atoms with E-state index in [1.54, 1.807) is 14.1 Å². The number of terminal acetylenes is 1. The molecule has 1 spiro atoms. The Morgan fingerprint density at radius 3 is 2.31 bits per heavy atom. The van der Waals surface area contributed by atoms with Crippen LogP contribution in [-0.4, -0.2) is 53.7 Å². The summed E-state index contributed by atoms with van der Waals surface area (Å²) in [5.41, 5.74) is -1.71. The molecule has 1 saturated heterocycles. The molecule has 0 atom stereocenters. The summed E-state index contributed by atoms with van der Waals surface area (Å²) >= 11 is 0. The quantitative estimate of drug-likeness (QED) is 0.477. The molecule has 10 heteroatoms. The third-order valence-corrected chi connectivity index (χ3v) is 6.74. The van der Waals surface area contributed by atoms with E-state index in [1.165, 1.54) is 34.1 Å². The van der Waals surface area contributed by atoms with Gasteiger partial charge in [-0.05, 0) is 48.7 Å². The van der Waals surface area contributed by atoms with Crippen molar-refractivity contribution in [3.05, 3.63) is 65.0 Å². The molecule has 2 aromatic carbocycles. The van der Waals surface area contributed by atoms with Crippen LogP contribution >= 0.6 is 0 Å². The normalized spacial score (nSPS) is 21.9. The van der Waals surface area contributed by atoms with Gasteiger partial charge in [0.05, 0.1) is 11.3 Å². The van der Waals surface area contributed by atoms with E-state index in [2.05, 4.69) is 5.92 Å². The van der Waals surface area contributed by atoms with E-state index < -0.39 is 47.4 Å². The minimum Gasteiger partial charge on any atom is -0.349 e. The second-order valence-electron chi connectivity index (χ2n) is 9.25. The molecule has 2 fully saturated rings. The van der Waals surface area contributed by atoms with Crippen LogP contribution in [0.3, 0.4) is 0 Å². The molecule has 4 rings (SSSR count). The number of halogens is 4. The fourth-order valence-electron chi connectivity index (χ4n) is 4.82. The fraction of sp³-hybridized carbons (Fsp3) is 0.346. The van der Waals surface area contributed by atoms with Crippen LogP contribution in [0.15, 0.2) is 42.5 Å². The third kappa shape index (κ3) is 4.30. The van der Waals surface area contributed by atoms with Crippen molar-refractivity contribution < 1.29 is 31.9 Å². The first kappa shape index (κ1) is 25.2. The SMILES string of the molecule is C#Cc1ccc(N2CC(=O)N(Cc3ccc(C(F)(F)F)cc3)C3(CC(C(=O)N(C)C)C3)C2=O)c(F)c1. The van der Waals surface area contributed by atoms with E-state index in [0.717, 1.165) is 23.1 Å². The molecule has 1 saturated carbocycles. The molecule has 0 bridgehead atoms. The number of alkyl halides is 3. The van der Waals surface area contributed by atoms with Gasteiger partial charge < -0.3 is 9.80 Å². The Morgan fingerprint density at radius 2 is 1.78 bits per heavy atom. The van der Waals surface area contributed by atoms with Gasteiger partial charge in [0.2, 0.25) is 11.8 Å². The molecule has 0 aromatic heterocycles. The maximum Gasteiger partial charge on any atom is 0.416 e. The summed E-state index contributed by atoms with van der Waals surface area (Å²) < 4.78 is 53.7. The number of benzene rings is 2. The summed E-state index contributed by atoms with van der Waals surface area (Å²) in [5, 5.41) is 0. The second kappa shape index (κ2) is 8.97. The first-order valence-electron chi connectivity index (χ1n) is 11.1. The zero-order valence-corrected chi connectivity index (χ0v) is 19.6. The number of carbonyl (C=O) groups excluding carboxylic acids is 3. The lowest BCUT2D eigenvalue weighted by Gasteiger charge is -2.56. The number of rotatable bonds is 4. The summed E-state index contributed by atoms with van der Waals surface area (Å²) in [6.07, 6.45) is 0.844. The molecule has 1 aliphatic carbocycles. The van der Waals surface area contributed by atoms with Gasteiger partial charge in [0.15, 0.2) is 0 Å². The maximum atomic E-state index is 14.8. The van der Waals surface area contributed by atoms with Crippen molar-refractivity contribution in [3.63, 3.8) is 0 Å². The molecule has 0 radical (unpaired) electrons. The first-order valence-corrected chi connectivity index (χ1v) is 11.1. The maximum absolute atomic E-state index is 14.8. The van der Waals surface area contributed by atoms with Crippen LogP contribution in [0, 0.1) is 24.1 Å². The summed E-state index contributed by atoms with van der Waals surface area (Å²) in [6.45, 7) is -0.586. The topological polar surface area (TPSA) is 60.9 Å². The average Bonchev–Trinajstić information content (AvgIpc) is 2.79. The Bertz CT molecular complexity index is 1260. The van der Waals surface area contributed by atoms with Crippen molar-refractivity contribution >= 4 is 23.4 Å². The summed E-state index contributed by atoms with van der Waals surface area (Å²) in [6, 6.07) is 8.19. The van der Waals surface area contributed by atoms with Crippen LogP contribution in [0.25, 0.3) is 0 Å². The van der Waals surface area contributed by atoms with Crippen LogP contribution in [0.5, 0.6) is 0 Å². The van der Waals surface area contributed by atoms with Gasteiger partial charge in [0.1, 0.15) is 17.9 Å². The van der Waals surface area contributed by atoms with Crippen LogP contribution in [-0.2, 0) is 27.1 Å². The second-order valence-corrected chi connectivity index (χ2v) is 9.25. The molecule has 3 amide bonds. The lowest BCUT2D eigenvalue weighted by Crippen LogP contribution is -2.73. The molecule has 2 aromatic rings. The Morgan fingerprint density at radius 1 is 1.14 bits per heavy atom. The van der Waals surface area contributed by atoms with Gasteiger partial charge in [-0.1, -0.05) is 18.1 Å². The number of amides is 3. The number of hydrogen-bond acceptors (Lipinski definition) is 3. The van der Waals surface area contributed by atoms with Crippen LogP contribution < -0.4 is 4.90 Å². The summed E-state index contributed by atoms with van der Waals surface area (Å²) in [5.74, 6) is -0.263. The molecule has 0 N–H and O–H groups in total. The number of carbonyl (C=O) groups is 3. The van der Waals surface area contributed by atoms with Crippen molar-refractivity contribution in [2.45, 2.75) is 31.1 Å². The molecule has 2 aliphatic rings. The molecular formula is C26H23F4N3O3. The summed E-state index contributed by atoms with van der Waals surface area (Å²) in [4.78, 5) is 43.3. The van der Waals surface area contributed by atoms with Gasteiger partial charge in [-0.3, -0.25) is 19.3 Å². The number of anilines is 1. The van der Waals surface area contributed by atoms with Crippen LogP contribution in [0.4, 0.5) is 23.2 Å². The third-order valence-electron chi connectivity index (χ3n) is 6.74. The van der Waals surface area contributed by atoms with E-state index in [4.69, 9.17) is 6.42 Å². The molecule has 188 valence electrons. The molecule has 6 nitrogen and oxygen atoms in total. The van der Waals surface area contributed by atoms with Gasteiger partial charge in [-0.2, -0.15) is 13.2 Å². The highest BCUT2D eigenvalue weighted by molar-refractivity contribution is 6.10. The molecular weight excluding hydrogens is 478 g/mol. The van der Waals surface area contributed by atoms with Gasteiger partial charge in [-0.15, -0.1) is 6.42 Å². The monoisotopic (exact) mass is 501 g/mol. The Hall–Kier alpha value is -3.87. The van der Waals surface area contributed by atoms with Crippen molar-refractivity contribution in [2.75, 3.05) is 25.5 Å². The molecule has 1 aliphatic heterocycles. The van der Waals surface area contributed by atoms with Crippen molar-refractivity contribution in [2.24, 2.45) is 5.92 Å². The largest absolute Gasteiger partial charge is 0.416 e. The minimum atomic E-state index is -4.51. The average molecular weight is 501 g/mol. The molecule has 0 unspecified atom stereocenters. The Labute approximate surface area is 205 Å². The number of piperazine rings is 1. The van der Waals surface area contributed by atoms with Gasteiger partial charge in [0.25, 0.3) is 5.91 Å². The zero-order valence-electron chi connectivity index (χ0n) is 19.6. The highest BCUT2D eigenvalue weighted by Crippen LogP contribution is 2.48. The predicted octanol–water partition coefficient (Wildman–Crippen LogP) is 3.44. The van der Waals surface area contributed by atoms with Crippen molar-refractivity contribution in [1.29, 1.82) is 0 Å². The van der Waals surface area contributed by atoms with E-state index in [-0.39, 0.29) is 36.5 Å². The predicted molar refractivity (Wildman–Crippen MR) is 123 cm³/mol. The van der Waals surface area contributed by atoms with Crippen molar-refractivity contribution in [1.82, 2.24) is 9.80 Å². The van der Waals surface area contributed by atoms with E-state index >= 15 is 0 Å². The zero-order chi connectivity index (χ0) is 26.4. The number of nitrogens with zero attached hydrogens (tertiary/aromatic N) is 3. The highest BCUT2D eigenvalue weighted by atomic mass is 19.4. The smallest absolute Gasteiger partial charge is 0.349 e. The molecule has 36 heavy (non-hydrogen) atoms. The first-order chi connectivity index (χ1) is 16.9. The Balaban J connectivity index is 1.68. The number of hydrogen-bond donors (Lipinski definition) is 0. The van der Waals surface area contributed by atoms with E-state index in [1.807, 2.05) is 0 Å². The van der Waals surface area contributed by atoms with Gasteiger partial charge in [-0.25, -0.2) is 4.39 Å². The lowest BCUT2D eigenvalue weighted by atomic mass is 9.64. The fourth-order valence-corrected chi connectivity index (χ4v) is 4.82. The van der Waals surface area contributed by atoms with Gasteiger partial charge in [0, 0.05) is 32.1 Å². The highest BCUT2D eigenvalue weighted by Gasteiger charge is 2.61. The molecule has 1 heterocycles. The van der Waals surface area contributed by atoms with E-state index in [9.17, 15) is 31.9 Å².